The van der Waals surface area contributed by atoms with Crippen LogP contribution in [-0.2, 0) is 6.42 Å². The number of unbranched alkanes of at least 4 members (excludes halogenated alkanes) is 1. The van der Waals surface area contributed by atoms with Crippen LogP contribution in [0.25, 0.3) is 11.0 Å². The second-order valence-electron chi connectivity index (χ2n) is 5.56. The van der Waals surface area contributed by atoms with Gasteiger partial charge in [0.05, 0.1) is 5.56 Å². The summed E-state index contributed by atoms with van der Waals surface area (Å²) in [6.45, 7) is 2.08. The van der Waals surface area contributed by atoms with E-state index in [2.05, 4.69) is 6.92 Å². The van der Waals surface area contributed by atoms with Crippen LogP contribution in [-0.4, -0.2) is 16.0 Å². The molecule has 3 aromatic rings. The summed E-state index contributed by atoms with van der Waals surface area (Å²) in [5.41, 5.74) is 1.57. The quantitative estimate of drug-likeness (QED) is 0.684. The van der Waals surface area contributed by atoms with E-state index in [0.717, 1.165) is 12.8 Å². The van der Waals surface area contributed by atoms with Crippen molar-refractivity contribution in [2.45, 2.75) is 26.2 Å². The third-order valence-electron chi connectivity index (χ3n) is 3.86. The Bertz CT molecular complexity index is 844. The predicted molar refractivity (Wildman–Crippen MR) is 88.0 cm³/mol. The van der Waals surface area contributed by atoms with Crippen molar-refractivity contribution in [1.29, 1.82) is 0 Å². The summed E-state index contributed by atoms with van der Waals surface area (Å²) < 4.78 is 5.84. The highest BCUT2D eigenvalue weighted by atomic mass is 16.3. The Labute approximate surface area is 134 Å². The Morgan fingerprint density at radius 2 is 1.74 bits per heavy atom. The number of carbonyl (C=O) groups is 1. The number of furan rings is 1. The van der Waals surface area contributed by atoms with Gasteiger partial charge in [-0.1, -0.05) is 13.3 Å². The van der Waals surface area contributed by atoms with Gasteiger partial charge in [0, 0.05) is 17.4 Å². The maximum Gasteiger partial charge on any atom is 0.197 e. The van der Waals surface area contributed by atoms with Crippen LogP contribution in [0.1, 0.15) is 41.4 Å². The molecule has 2 N–H and O–H groups in total. The number of hydrogen-bond acceptors (Lipinski definition) is 4. The highest BCUT2D eigenvalue weighted by Gasteiger charge is 2.22. The number of carbonyl (C=O) groups excluding carboxylic acids is 1. The van der Waals surface area contributed by atoms with Crippen molar-refractivity contribution in [2.24, 2.45) is 0 Å². The van der Waals surface area contributed by atoms with Crippen molar-refractivity contribution in [3.63, 3.8) is 0 Å². The van der Waals surface area contributed by atoms with Crippen LogP contribution in [0.15, 0.2) is 46.9 Å². The van der Waals surface area contributed by atoms with Crippen LogP contribution in [0.2, 0.25) is 0 Å². The molecule has 0 saturated heterocycles. The second-order valence-corrected chi connectivity index (χ2v) is 5.56. The molecule has 0 spiro atoms. The van der Waals surface area contributed by atoms with Gasteiger partial charge < -0.3 is 14.6 Å². The molecule has 0 aliphatic heterocycles. The largest absolute Gasteiger partial charge is 0.508 e. The first-order valence-electron chi connectivity index (χ1n) is 7.68. The fourth-order valence-electron chi connectivity index (χ4n) is 2.66. The summed E-state index contributed by atoms with van der Waals surface area (Å²) in [7, 11) is 0. The number of hydrogen-bond donors (Lipinski definition) is 2. The molecule has 118 valence electrons. The second kappa shape index (κ2) is 6.16. The van der Waals surface area contributed by atoms with Gasteiger partial charge in [0.15, 0.2) is 5.78 Å². The lowest BCUT2D eigenvalue weighted by molar-refractivity contribution is 0.103. The van der Waals surface area contributed by atoms with Crippen LogP contribution < -0.4 is 0 Å². The minimum atomic E-state index is -0.166. The molecule has 0 fully saturated rings. The summed E-state index contributed by atoms with van der Waals surface area (Å²) in [5.74, 6) is 0.688. The molecular weight excluding hydrogens is 292 g/mol. The monoisotopic (exact) mass is 310 g/mol. The number of benzene rings is 2. The third-order valence-corrected chi connectivity index (χ3v) is 3.86. The number of phenolic OH excluding ortho intramolecular Hbond substituents is 2. The fourth-order valence-corrected chi connectivity index (χ4v) is 2.66. The number of phenols is 2. The van der Waals surface area contributed by atoms with E-state index in [0.29, 0.717) is 34.3 Å². The molecular formula is C19H18O4. The van der Waals surface area contributed by atoms with E-state index < -0.39 is 0 Å². The SMILES string of the molecule is CCCCc1oc2ccc(O)cc2c1C(=O)c1ccc(O)cc1. The molecule has 0 aliphatic rings. The van der Waals surface area contributed by atoms with Crippen molar-refractivity contribution in [1.82, 2.24) is 0 Å². The number of ketones is 1. The standard InChI is InChI=1S/C19H18O4/c1-2-3-4-17-18(15-11-14(21)9-10-16(15)23-17)19(22)12-5-7-13(20)8-6-12/h5-11,20-21H,2-4H2,1H3. The fraction of sp³-hybridized carbons (Fsp3) is 0.211. The maximum absolute atomic E-state index is 12.9. The minimum absolute atomic E-state index is 0.0973. The van der Waals surface area contributed by atoms with Gasteiger partial charge in [-0.2, -0.15) is 0 Å². The molecule has 1 heterocycles. The number of aryl methyl sites for hydroxylation is 1. The Balaban J connectivity index is 2.14. The average Bonchev–Trinajstić information content (AvgIpc) is 2.90. The molecule has 0 unspecified atom stereocenters. The molecule has 1 aromatic heterocycles. The van der Waals surface area contributed by atoms with Gasteiger partial charge in [-0.15, -0.1) is 0 Å². The van der Waals surface area contributed by atoms with E-state index in [-0.39, 0.29) is 17.3 Å². The van der Waals surface area contributed by atoms with Gasteiger partial charge in [0.2, 0.25) is 0 Å². The van der Waals surface area contributed by atoms with E-state index in [1.165, 1.54) is 12.1 Å². The van der Waals surface area contributed by atoms with E-state index in [9.17, 15) is 15.0 Å². The summed E-state index contributed by atoms with van der Waals surface area (Å²) in [6, 6.07) is 10.9. The van der Waals surface area contributed by atoms with Gasteiger partial charge in [-0.25, -0.2) is 0 Å². The van der Waals surface area contributed by atoms with Gasteiger partial charge in [-0.3, -0.25) is 4.79 Å². The molecule has 3 rings (SSSR count). The highest BCUT2D eigenvalue weighted by Crippen LogP contribution is 2.32. The van der Waals surface area contributed by atoms with E-state index in [1.807, 2.05) is 0 Å². The molecule has 0 radical (unpaired) electrons. The van der Waals surface area contributed by atoms with E-state index in [1.54, 1.807) is 30.3 Å². The van der Waals surface area contributed by atoms with Crippen molar-refractivity contribution in [3.8, 4) is 11.5 Å². The first-order chi connectivity index (χ1) is 11.1. The third kappa shape index (κ3) is 2.93. The van der Waals surface area contributed by atoms with Crippen LogP contribution in [0.3, 0.4) is 0 Å². The predicted octanol–water partition coefficient (Wildman–Crippen LogP) is 4.42. The molecule has 0 saturated carbocycles. The average molecular weight is 310 g/mol. The smallest absolute Gasteiger partial charge is 0.197 e. The van der Waals surface area contributed by atoms with Gasteiger partial charge in [0.1, 0.15) is 22.8 Å². The van der Waals surface area contributed by atoms with Gasteiger partial charge in [0.25, 0.3) is 0 Å². The first kappa shape index (κ1) is 15.2. The first-order valence-corrected chi connectivity index (χ1v) is 7.68. The number of fused-ring (bicyclic) bond motifs is 1. The summed E-state index contributed by atoms with van der Waals surface area (Å²) >= 11 is 0. The maximum atomic E-state index is 12.9. The zero-order valence-electron chi connectivity index (χ0n) is 12.9. The van der Waals surface area contributed by atoms with Crippen molar-refractivity contribution < 1.29 is 19.4 Å². The molecule has 4 nitrogen and oxygen atoms in total. The lowest BCUT2D eigenvalue weighted by atomic mass is 9.98. The Morgan fingerprint density at radius 1 is 1.04 bits per heavy atom. The van der Waals surface area contributed by atoms with E-state index in [4.69, 9.17) is 4.42 Å². The van der Waals surface area contributed by atoms with Gasteiger partial charge >= 0.3 is 0 Å². The molecule has 4 heteroatoms. The lowest BCUT2D eigenvalue weighted by Gasteiger charge is -2.03. The van der Waals surface area contributed by atoms with E-state index >= 15 is 0 Å². The Kier molecular flexibility index (Phi) is 4.06. The van der Waals surface area contributed by atoms with Crippen LogP contribution in [0, 0.1) is 0 Å². The van der Waals surface area contributed by atoms with Crippen LogP contribution in [0.4, 0.5) is 0 Å². The molecule has 23 heavy (non-hydrogen) atoms. The topological polar surface area (TPSA) is 70.7 Å². The molecule has 0 amide bonds. The van der Waals surface area contributed by atoms with Crippen molar-refractivity contribution >= 4 is 16.8 Å². The highest BCUT2D eigenvalue weighted by molar-refractivity contribution is 6.17. The van der Waals surface area contributed by atoms with Crippen molar-refractivity contribution in [2.75, 3.05) is 0 Å². The minimum Gasteiger partial charge on any atom is -0.508 e. The Morgan fingerprint density at radius 3 is 2.43 bits per heavy atom. The van der Waals surface area contributed by atoms with Crippen molar-refractivity contribution in [3.05, 3.63) is 59.4 Å². The summed E-state index contributed by atoms with van der Waals surface area (Å²) in [4.78, 5) is 12.9. The normalized spacial score (nSPS) is 11.0. The van der Waals surface area contributed by atoms with Crippen LogP contribution in [0.5, 0.6) is 11.5 Å². The zero-order chi connectivity index (χ0) is 16.4. The number of aromatic hydroxyl groups is 2. The molecule has 0 atom stereocenters. The summed E-state index contributed by atoms with van der Waals surface area (Å²) in [5, 5.41) is 19.7. The summed E-state index contributed by atoms with van der Waals surface area (Å²) in [6.07, 6.45) is 2.59. The van der Waals surface area contributed by atoms with Gasteiger partial charge in [-0.05, 0) is 48.9 Å². The molecule has 0 bridgehead atoms. The molecule has 2 aromatic carbocycles. The van der Waals surface area contributed by atoms with Crippen LogP contribution >= 0.6 is 0 Å². The Hall–Kier alpha value is -2.75. The number of rotatable bonds is 5. The molecule has 0 aliphatic carbocycles. The zero-order valence-corrected chi connectivity index (χ0v) is 12.9. The lowest BCUT2D eigenvalue weighted by Crippen LogP contribution is -2.03.